The van der Waals surface area contributed by atoms with Gasteiger partial charge < -0.3 is 10.5 Å². The van der Waals surface area contributed by atoms with Gasteiger partial charge in [-0.15, -0.1) is 0 Å². The molecule has 0 aliphatic heterocycles. The Balaban J connectivity index is 2.30. The van der Waals surface area contributed by atoms with E-state index in [-0.39, 0.29) is 11.6 Å². The molecule has 2 N–H and O–H groups in total. The van der Waals surface area contributed by atoms with Crippen molar-refractivity contribution in [3.63, 3.8) is 0 Å². The Hall–Kier alpha value is -0.860. The van der Waals surface area contributed by atoms with Crippen LogP contribution in [0, 0.1) is 0 Å². The van der Waals surface area contributed by atoms with Gasteiger partial charge in [-0.1, -0.05) is 24.3 Å². The number of benzene rings is 1. The van der Waals surface area contributed by atoms with Crippen molar-refractivity contribution in [1.29, 1.82) is 0 Å². The summed E-state index contributed by atoms with van der Waals surface area (Å²) in [5, 5.41) is 0. The van der Waals surface area contributed by atoms with Gasteiger partial charge in [-0.2, -0.15) is 0 Å². The van der Waals surface area contributed by atoms with Crippen molar-refractivity contribution in [3.05, 3.63) is 35.4 Å². The fourth-order valence-electron chi connectivity index (χ4n) is 2.19. The van der Waals surface area contributed by atoms with Crippen LogP contribution in [-0.4, -0.2) is 13.2 Å². The molecule has 0 bridgehead atoms. The van der Waals surface area contributed by atoms with Gasteiger partial charge in [0.05, 0.1) is 5.60 Å². The summed E-state index contributed by atoms with van der Waals surface area (Å²) in [5.74, 6) is 0. The topological polar surface area (TPSA) is 35.2 Å². The highest BCUT2D eigenvalue weighted by molar-refractivity contribution is 5.36. The molecule has 1 aromatic carbocycles. The molecule has 1 aliphatic carbocycles. The predicted molar refractivity (Wildman–Crippen MR) is 61.7 cm³/mol. The lowest BCUT2D eigenvalue weighted by Crippen LogP contribution is -2.21. The van der Waals surface area contributed by atoms with E-state index < -0.39 is 0 Å². The van der Waals surface area contributed by atoms with Gasteiger partial charge in [0, 0.05) is 13.2 Å². The lowest BCUT2D eigenvalue weighted by molar-refractivity contribution is 0.0781. The summed E-state index contributed by atoms with van der Waals surface area (Å²) in [4.78, 5) is 0. The zero-order valence-corrected chi connectivity index (χ0v) is 9.49. The van der Waals surface area contributed by atoms with Crippen LogP contribution in [0.15, 0.2) is 24.3 Å². The summed E-state index contributed by atoms with van der Waals surface area (Å²) >= 11 is 0. The Labute approximate surface area is 91.4 Å². The summed E-state index contributed by atoms with van der Waals surface area (Å²) in [6, 6.07) is 8.71. The van der Waals surface area contributed by atoms with Crippen molar-refractivity contribution in [2.75, 3.05) is 7.11 Å². The smallest absolute Gasteiger partial charge is 0.0932 e. The Kier molecular flexibility index (Phi) is 2.81. The Morgan fingerprint density at radius 1 is 1.40 bits per heavy atom. The highest BCUT2D eigenvalue weighted by atomic mass is 16.5. The van der Waals surface area contributed by atoms with E-state index in [9.17, 15) is 0 Å². The number of hydrogen-bond acceptors (Lipinski definition) is 2. The average molecular weight is 205 g/mol. The lowest BCUT2D eigenvalue weighted by atomic mass is 9.96. The summed E-state index contributed by atoms with van der Waals surface area (Å²) in [6.07, 6.45) is 3.21. The van der Waals surface area contributed by atoms with Crippen molar-refractivity contribution in [2.45, 2.75) is 37.8 Å². The van der Waals surface area contributed by atoms with Crippen LogP contribution in [-0.2, 0) is 16.8 Å². The second-order valence-corrected chi connectivity index (χ2v) is 4.54. The third-order valence-electron chi connectivity index (χ3n) is 3.14. The van der Waals surface area contributed by atoms with Crippen LogP contribution in [0.25, 0.3) is 0 Å². The molecule has 0 aromatic heterocycles. The average Bonchev–Trinajstić information content (AvgIpc) is 2.98. The molecule has 15 heavy (non-hydrogen) atoms. The molecule has 2 heteroatoms. The molecule has 0 saturated heterocycles. The third kappa shape index (κ3) is 2.06. The number of nitrogens with two attached hydrogens (primary N) is 1. The molecular formula is C13H19NO. The van der Waals surface area contributed by atoms with Gasteiger partial charge in [-0.05, 0) is 37.3 Å². The van der Waals surface area contributed by atoms with Gasteiger partial charge in [0.2, 0.25) is 0 Å². The molecule has 2 nitrogen and oxygen atoms in total. The minimum atomic E-state index is 0.00544. The molecule has 1 saturated carbocycles. The normalized spacial score (nSPS) is 19.9. The van der Waals surface area contributed by atoms with Crippen LogP contribution in [0.2, 0.25) is 0 Å². The van der Waals surface area contributed by atoms with E-state index in [1.165, 1.54) is 11.1 Å². The molecule has 1 unspecified atom stereocenters. The zero-order chi connectivity index (χ0) is 10.9. The van der Waals surface area contributed by atoms with Gasteiger partial charge in [0.25, 0.3) is 0 Å². The maximum absolute atomic E-state index is 5.86. The summed E-state index contributed by atoms with van der Waals surface area (Å²) < 4.78 is 5.62. The van der Waals surface area contributed by atoms with Crippen molar-refractivity contribution in [1.82, 2.24) is 0 Å². The first-order valence-corrected chi connectivity index (χ1v) is 5.57. The standard InChI is InChI=1S/C13H19NO/c1-10(14)9-11-5-3-4-6-12(11)13(15-2)7-8-13/h3-6,10H,7-9,14H2,1-2H3. The van der Waals surface area contributed by atoms with Crippen LogP contribution < -0.4 is 5.73 Å². The SMILES string of the molecule is COC1(c2ccccc2CC(C)N)CC1. The molecule has 2 rings (SSSR count). The van der Waals surface area contributed by atoms with E-state index in [0.717, 1.165) is 19.3 Å². The molecule has 0 spiro atoms. The third-order valence-corrected chi connectivity index (χ3v) is 3.14. The zero-order valence-electron chi connectivity index (χ0n) is 9.49. The van der Waals surface area contributed by atoms with Crippen LogP contribution >= 0.6 is 0 Å². The number of rotatable bonds is 4. The molecule has 82 valence electrons. The van der Waals surface area contributed by atoms with Crippen molar-refractivity contribution in [3.8, 4) is 0 Å². The summed E-state index contributed by atoms with van der Waals surface area (Å²) in [6.45, 7) is 2.04. The van der Waals surface area contributed by atoms with Crippen molar-refractivity contribution >= 4 is 0 Å². The largest absolute Gasteiger partial charge is 0.374 e. The van der Waals surface area contributed by atoms with E-state index in [1.54, 1.807) is 7.11 Å². The quantitative estimate of drug-likeness (QED) is 0.818. The maximum atomic E-state index is 5.86. The second kappa shape index (κ2) is 3.95. The Bertz CT molecular complexity index is 342. The summed E-state index contributed by atoms with van der Waals surface area (Å²) in [7, 11) is 1.80. The number of hydrogen-bond donors (Lipinski definition) is 1. The first kappa shape index (κ1) is 10.7. The Morgan fingerprint density at radius 3 is 2.60 bits per heavy atom. The molecule has 0 amide bonds. The van der Waals surface area contributed by atoms with E-state index in [2.05, 4.69) is 24.3 Å². The fraction of sp³-hybridized carbons (Fsp3) is 0.538. The molecule has 0 heterocycles. The predicted octanol–water partition coefficient (Wildman–Crippen LogP) is 2.21. The number of ether oxygens (including phenoxy) is 1. The van der Waals surface area contributed by atoms with Crippen LogP contribution in [0.3, 0.4) is 0 Å². The first-order chi connectivity index (χ1) is 7.18. The van der Waals surface area contributed by atoms with E-state index >= 15 is 0 Å². The molecule has 1 fully saturated rings. The second-order valence-electron chi connectivity index (χ2n) is 4.54. The van der Waals surface area contributed by atoms with Crippen molar-refractivity contribution < 1.29 is 4.74 Å². The highest BCUT2D eigenvalue weighted by Crippen LogP contribution is 2.49. The van der Waals surface area contributed by atoms with Crippen LogP contribution in [0.4, 0.5) is 0 Å². The first-order valence-electron chi connectivity index (χ1n) is 5.57. The highest BCUT2D eigenvalue weighted by Gasteiger charge is 2.45. The van der Waals surface area contributed by atoms with Gasteiger partial charge in [-0.3, -0.25) is 0 Å². The van der Waals surface area contributed by atoms with E-state index in [0.29, 0.717) is 0 Å². The fourth-order valence-corrected chi connectivity index (χ4v) is 2.19. The van der Waals surface area contributed by atoms with Gasteiger partial charge in [-0.25, -0.2) is 0 Å². The molecular weight excluding hydrogens is 186 g/mol. The van der Waals surface area contributed by atoms with Gasteiger partial charge >= 0.3 is 0 Å². The van der Waals surface area contributed by atoms with Crippen LogP contribution in [0.1, 0.15) is 30.9 Å². The van der Waals surface area contributed by atoms with Crippen molar-refractivity contribution in [2.24, 2.45) is 5.73 Å². The minimum absolute atomic E-state index is 0.00544. The number of methoxy groups -OCH3 is 1. The molecule has 1 aromatic rings. The molecule has 1 atom stereocenters. The van der Waals surface area contributed by atoms with Crippen LogP contribution in [0.5, 0.6) is 0 Å². The maximum Gasteiger partial charge on any atom is 0.0932 e. The monoisotopic (exact) mass is 205 g/mol. The molecule has 0 radical (unpaired) electrons. The molecule has 1 aliphatic rings. The van der Waals surface area contributed by atoms with Gasteiger partial charge in [0.15, 0.2) is 0 Å². The minimum Gasteiger partial charge on any atom is -0.374 e. The summed E-state index contributed by atoms with van der Waals surface area (Å²) in [5.41, 5.74) is 8.54. The van der Waals surface area contributed by atoms with Gasteiger partial charge in [0.1, 0.15) is 0 Å². The van der Waals surface area contributed by atoms with E-state index in [1.807, 2.05) is 6.92 Å². The van der Waals surface area contributed by atoms with E-state index in [4.69, 9.17) is 10.5 Å². The lowest BCUT2D eigenvalue weighted by Gasteiger charge is -2.19. The Morgan fingerprint density at radius 2 is 2.07 bits per heavy atom.